The molecule has 2 aromatic heterocycles. The standard InChI is InChI=1S/C27H28FN7O/c1-35(20-10-3-2-4-11-20)27-24(30-25(36)16-18-9-5-8-14-23(18)28)15-19(17-29-27)21-12-6-7-13-22(21)26-31-33-34-32-26/h5-9,12-15,17,20H,2-4,10-11,16H2,1H3,(H,30,36)(H,31,32,33,34). The van der Waals surface area contributed by atoms with E-state index in [2.05, 4.69) is 30.8 Å². The smallest absolute Gasteiger partial charge is 0.229 e. The van der Waals surface area contributed by atoms with Gasteiger partial charge in [0.1, 0.15) is 5.82 Å². The Morgan fingerprint density at radius 2 is 1.83 bits per heavy atom. The lowest BCUT2D eigenvalue weighted by molar-refractivity contribution is -0.115. The van der Waals surface area contributed by atoms with E-state index in [4.69, 9.17) is 4.98 Å². The Kier molecular flexibility index (Phi) is 6.97. The molecule has 1 saturated carbocycles. The minimum atomic E-state index is -0.395. The predicted octanol–water partition coefficient (Wildman–Crippen LogP) is 5.02. The van der Waals surface area contributed by atoms with Crippen LogP contribution < -0.4 is 10.2 Å². The zero-order valence-electron chi connectivity index (χ0n) is 20.1. The molecule has 1 aliphatic rings. The summed E-state index contributed by atoms with van der Waals surface area (Å²) >= 11 is 0. The molecule has 0 unspecified atom stereocenters. The van der Waals surface area contributed by atoms with Crippen LogP contribution in [0.25, 0.3) is 22.5 Å². The van der Waals surface area contributed by atoms with Crippen LogP contribution in [0.5, 0.6) is 0 Å². The van der Waals surface area contributed by atoms with Gasteiger partial charge in [-0.25, -0.2) is 9.37 Å². The number of nitrogens with zero attached hydrogens (tertiary/aromatic N) is 5. The number of aromatic nitrogens is 5. The summed E-state index contributed by atoms with van der Waals surface area (Å²) in [4.78, 5) is 20.0. The van der Waals surface area contributed by atoms with Gasteiger partial charge in [-0.2, -0.15) is 5.21 Å². The molecule has 8 nitrogen and oxygen atoms in total. The van der Waals surface area contributed by atoms with Gasteiger partial charge in [0.2, 0.25) is 11.7 Å². The third kappa shape index (κ3) is 5.10. The van der Waals surface area contributed by atoms with Crippen molar-refractivity contribution in [1.29, 1.82) is 0 Å². The number of carbonyl (C=O) groups is 1. The Morgan fingerprint density at radius 1 is 1.08 bits per heavy atom. The fraction of sp³-hybridized carbons (Fsp3) is 0.296. The molecule has 4 aromatic rings. The van der Waals surface area contributed by atoms with Crippen molar-refractivity contribution in [2.75, 3.05) is 17.3 Å². The first-order valence-corrected chi connectivity index (χ1v) is 12.2. The third-order valence-corrected chi connectivity index (χ3v) is 6.73. The highest BCUT2D eigenvalue weighted by atomic mass is 19.1. The second-order valence-electron chi connectivity index (χ2n) is 9.10. The number of benzene rings is 2. The van der Waals surface area contributed by atoms with E-state index < -0.39 is 5.82 Å². The monoisotopic (exact) mass is 485 g/mol. The fourth-order valence-corrected chi connectivity index (χ4v) is 4.83. The summed E-state index contributed by atoms with van der Waals surface area (Å²) < 4.78 is 14.2. The third-order valence-electron chi connectivity index (χ3n) is 6.73. The number of halogens is 1. The van der Waals surface area contributed by atoms with Crippen LogP contribution in [0.15, 0.2) is 60.8 Å². The Bertz CT molecular complexity index is 1340. The number of carbonyl (C=O) groups excluding carboxylic acids is 1. The summed E-state index contributed by atoms with van der Waals surface area (Å²) in [5.74, 6) is 0.473. The van der Waals surface area contributed by atoms with Gasteiger partial charge in [-0.1, -0.05) is 61.7 Å². The minimum absolute atomic E-state index is 0.0665. The molecule has 0 spiro atoms. The van der Waals surface area contributed by atoms with Crippen molar-refractivity contribution < 1.29 is 9.18 Å². The molecule has 0 aliphatic heterocycles. The summed E-state index contributed by atoms with van der Waals surface area (Å²) in [5.41, 5.74) is 3.40. The van der Waals surface area contributed by atoms with E-state index in [-0.39, 0.29) is 12.3 Å². The molecule has 36 heavy (non-hydrogen) atoms. The Labute approximate surface area is 209 Å². The maximum atomic E-state index is 14.2. The zero-order chi connectivity index (χ0) is 24.9. The number of hydrogen-bond donors (Lipinski definition) is 2. The Morgan fingerprint density at radius 3 is 2.58 bits per heavy atom. The number of nitrogens with one attached hydrogen (secondary N) is 2. The van der Waals surface area contributed by atoms with Gasteiger partial charge < -0.3 is 10.2 Å². The van der Waals surface area contributed by atoms with E-state index in [9.17, 15) is 9.18 Å². The van der Waals surface area contributed by atoms with E-state index in [0.717, 1.165) is 29.5 Å². The first-order valence-electron chi connectivity index (χ1n) is 12.2. The first-order chi connectivity index (χ1) is 17.6. The van der Waals surface area contributed by atoms with Crippen molar-refractivity contribution in [2.45, 2.75) is 44.6 Å². The van der Waals surface area contributed by atoms with Crippen LogP contribution in [0.3, 0.4) is 0 Å². The maximum Gasteiger partial charge on any atom is 0.229 e. The van der Waals surface area contributed by atoms with Crippen LogP contribution in [-0.2, 0) is 11.2 Å². The van der Waals surface area contributed by atoms with E-state index >= 15 is 0 Å². The van der Waals surface area contributed by atoms with E-state index in [0.29, 0.717) is 28.9 Å². The van der Waals surface area contributed by atoms with Crippen LogP contribution in [-0.4, -0.2) is 44.6 Å². The number of anilines is 2. The zero-order valence-corrected chi connectivity index (χ0v) is 20.1. The molecule has 5 rings (SSSR count). The minimum Gasteiger partial charge on any atom is -0.355 e. The fourth-order valence-electron chi connectivity index (χ4n) is 4.83. The molecule has 1 fully saturated rings. The molecular weight excluding hydrogens is 457 g/mol. The quantitative estimate of drug-likeness (QED) is 0.381. The summed E-state index contributed by atoms with van der Waals surface area (Å²) in [5, 5.41) is 17.4. The van der Waals surface area contributed by atoms with Crippen molar-refractivity contribution in [2.24, 2.45) is 0 Å². The average molecular weight is 486 g/mol. The van der Waals surface area contributed by atoms with Gasteiger partial charge in [-0.05, 0) is 41.3 Å². The summed E-state index contributed by atoms with van der Waals surface area (Å²) in [7, 11) is 2.03. The average Bonchev–Trinajstić information content (AvgIpc) is 3.45. The van der Waals surface area contributed by atoms with Gasteiger partial charge in [-0.15, -0.1) is 10.2 Å². The van der Waals surface area contributed by atoms with Gasteiger partial charge in [0.15, 0.2) is 5.82 Å². The molecule has 1 aliphatic carbocycles. The largest absolute Gasteiger partial charge is 0.355 e. The molecule has 1 amide bonds. The maximum absolute atomic E-state index is 14.2. The van der Waals surface area contributed by atoms with Gasteiger partial charge in [-0.3, -0.25) is 4.79 Å². The number of aromatic amines is 1. The van der Waals surface area contributed by atoms with Gasteiger partial charge in [0.25, 0.3) is 0 Å². The number of rotatable bonds is 7. The second-order valence-corrected chi connectivity index (χ2v) is 9.10. The number of amides is 1. The summed E-state index contributed by atoms with van der Waals surface area (Å²) in [6.07, 6.45) is 7.52. The molecule has 2 N–H and O–H groups in total. The Hall–Kier alpha value is -4.14. The number of H-pyrrole nitrogens is 1. The van der Waals surface area contributed by atoms with Crippen molar-refractivity contribution in [3.8, 4) is 22.5 Å². The van der Waals surface area contributed by atoms with Crippen molar-refractivity contribution in [3.63, 3.8) is 0 Å². The molecule has 184 valence electrons. The lowest BCUT2D eigenvalue weighted by Crippen LogP contribution is -2.34. The van der Waals surface area contributed by atoms with Crippen LogP contribution in [0.2, 0.25) is 0 Å². The van der Waals surface area contributed by atoms with Gasteiger partial charge >= 0.3 is 0 Å². The molecule has 0 bridgehead atoms. The van der Waals surface area contributed by atoms with Crippen LogP contribution in [0, 0.1) is 5.82 Å². The lowest BCUT2D eigenvalue weighted by Gasteiger charge is -2.33. The normalized spacial score (nSPS) is 13.9. The highest BCUT2D eigenvalue weighted by Crippen LogP contribution is 2.35. The molecule has 0 saturated heterocycles. The molecular formula is C27H28FN7O. The first kappa shape index (κ1) is 23.6. The number of hydrogen-bond acceptors (Lipinski definition) is 6. The van der Waals surface area contributed by atoms with Gasteiger partial charge in [0.05, 0.1) is 12.1 Å². The number of pyridine rings is 1. The second kappa shape index (κ2) is 10.6. The van der Waals surface area contributed by atoms with E-state index in [1.807, 2.05) is 37.4 Å². The van der Waals surface area contributed by atoms with Crippen molar-refractivity contribution >= 4 is 17.4 Å². The topological polar surface area (TPSA) is 99.7 Å². The van der Waals surface area contributed by atoms with Gasteiger partial charge in [0, 0.05) is 30.4 Å². The predicted molar refractivity (Wildman–Crippen MR) is 137 cm³/mol. The molecule has 2 aromatic carbocycles. The van der Waals surface area contributed by atoms with Crippen LogP contribution in [0.1, 0.15) is 37.7 Å². The highest BCUT2D eigenvalue weighted by Gasteiger charge is 2.23. The highest BCUT2D eigenvalue weighted by molar-refractivity contribution is 5.96. The Balaban J connectivity index is 1.51. The van der Waals surface area contributed by atoms with Crippen LogP contribution >= 0.6 is 0 Å². The van der Waals surface area contributed by atoms with Crippen molar-refractivity contribution in [1.82, 2.24) is 25.6 Å². The summed E-state index contributed by atoms with van der Waals surface area (Å²) in [6, 6.07) is 16.3. The van der Waals surface area contributed by atoms with E-state index in [1.54, 1.807) is 24.4 Å². The van der Waals surface area contributed by atoms with Crippen LogP contribution in [0.4, 0.5) is 15.9 Å². The summed E-state index contributed by atoms with van der Waals surface area (Å²) in [6.45, 7) is 0. The molecule has 0 radical (unpaired) electrons. The SMILES string of the molecule is CN(c1ncc(-c2ccccc2-c2nn[nH]n2)cc1NC(=O)Cc1ccccc1F)C1CCCCC1. The molecule has 0 atom stereocenters. The van der Waals surface area contributed by atoms with E-state index in [1.165, 1.54) is 25.3 Å². The molecule has 9 heteroatoms. The van der Waals surface area contributed by atoms with Crippen molar-refractivity contribution in [3.05, 3.63) is 72.2 Å². The number of tetrazole rings is 1. The lowest BCUT2D eigenvalue weighted by atomic mass is 9.94. The molecule has 2 heterocycles.